The number of carbonyl (C=O) groups is 1. The minimum absolute atomic E-state index is 0.243. The first-order valence-electron chi connectivity index (χ1n) is 5.96. The molecular weight excluding hydrogens is 296 g/mol. The summed E-state index contributed by atoms with van der Waals surface area (Å²) in [4.78, 5) is 23.5. The van der Waals surface area contributed by atoms with Gasteiger partial charge < -0.3 is 15.8 Å². The number of nitrogens with two attached hydrogens (primary N) is 1. The third-order valence-corrected chi connectivity index (χ3v) is 2.92. The average Bonchev–Trinajstić information content (AvgIpc) is 2.44. The van der Waals surface area contributed by atoms with E-state index in [0.29, 0.717) is 16.4 Å². The van der Waals surface area contributed by atoms with Crippen LogP contribution < -0.4 is 21.3 Å². The number of carbonyl (C=O) groups excluding carboxylic acids is 1. The second kappa shape index (κ2) is 6.27. The maximum atomic E-state index is 11.9. The molecular formula is C13H13ClN4O3. The van der Waals surface area contributed by atoms with Gasteiger partial charge in [0.15, 0.2) is 0 Å². The van der Waals surface area contributed by atoms with Gasteiger partial charge in [-0.15, -0.1) is 5.10 Å². The highest BCUT2D eigenvalue weighted by Crippen LogP contribution is 2.23. The lowest BCUT2D eigenvalue weighted by Crippen LogP contribution is -2.29. The summed E-state index contributed by atoms with van der Waals surface area (Å²) < 4.78 is 5.90. The van der Waals surface area contributed by atoms with Crippen LogP contribution in [0, 0.1) is 0 Å². The van der Waals surface area contributed by atoms with Crippen molar-refractivity contribution in [3.8, 4) is 5.88 Å². The van der Waals surface area contributed by atoms with E-state index in [0.717, 1.165) is 4.68 Å². The molecule has 0 atom stereocenters. The topological polar surface area (TPSA) is 99.2 Å². The Labute approximate surface area is 125 Å². The standard InChI is InChI=1S/C13H13ClN4O3/c1-21-12-4-5-13(20)18(17-12)7-11(19)16-10-3-2-8(15)6-9(10)14/h2-6H,7,15H2,1H3,(H,16,19). The normalized spacial score (nSPS) is 10.2. The van der Waals surface area contributed by atoms with E-state index in [2.05, 4.69) is 10.4 Å². The van der Waals surface area contributed by atoms with E-state index in [4.69, 9.17) is 22.1 Å². The van der Waals surface area contributed by atoms with Crippen LogP contribution in [0.25, 0.3) is 0 Å². The zero-order chi connectivity index (χ0) is 15.4. The first kappa shape index (κ1) is 14.9. The number of halogens is 1. The van der Waals surface area contributed by atoms with Crippen LogP contribution in [0.15, 0.2) is 35.1 Å². The van der Waals surface area contributed by atoms with Crippen LogP contribution in [0.1, 0.15) is 0 Å². The van der Waals surface area contributed by atoms with E-state index in [9.17, 15) is 9.59 Å². The Kier molecular flexibility index (Phi) is 4.44. The summed E-state index contributed by atoms with van der Waals surface area (Å²) in [7, 11) is 1.42. The van der Waals surface area contributed by atoms with Gasteiger partial charge in [0.25, 0.3) is 5.56 Å². The van der Waals surface area contributed by atoms with Crippen LogP contribution in [0.2, 0.25) is 5.02 Å². The predicted octanol–water partition coefficient (Wildman–Crippen LogP) is 1.13. The molecule has 0 saturated heterocycles. The van der Waals surface area contributed by atoms with Crippen molar-refractivity contribution in [2.24, 2.45) is 0 Å². The highest BCUT2D eigenvalue weighted by Gasteiger charge is 2.09. The lowest BCUT2D eigenvalue weighted by molar-refractivity contribution is -0.117. The number of aromatic nitrogens is 2. The van der Waals surface area contributed by atoms with Crippen LogP contribution in [-0.2, 0) is 11.3 Å². The maximum absolute atomic E-state index is 11.9. The van der Waals surface area contributed by atoms with Crippen molar-refractivity contribution in [3.63, 3.8) is 0 Å². The number of hydrogen-bond donors (Lipinski definition) is 2. The first-order chi connectivity index (χ1) is 9.99. The molecule has 2 aromatic rings. The Hall–Kier alpha value is -2.54. The van der Waals surface area contributed by atoms with Crippen LogP contribution in [0.4, 0.5) is 11.4 Å². The molecule has 3 N–H and O–H groups in total. The highest BCUT2D eigenvalue weighted by atomic mass is 35.5. The average molecular weight is 309 g/mol. The largest absolute Gasteiger partial charge is 0.480 e. The van der Waals surface area contributed by atoms with Gasteiger partial charge >= 0.3 is 0 Å². The van der Waals surface area contributed by atoms with Gasteiger partial charge in [-0.05, 0) is 18.2 Å². The lowest BCUT2D eigenvalue weighted by atomic mass is 10.3. The van der Waals surface area contributed by atoms with Gasteiger partial charge in [0, 0.05) is 17.8 Å². The first-order valence-corrected chi connectivity index (χ1v) is 6.34. The Bertz CT molecular complexity index is 730. The predicted molar refractivity (Wildman–Crippen MR) is 79.5 cm³/mol. The van der Waals surface area contributed by atoms with Gasteiger partial charge in [-0.1, -0.05) is 11.6 Å². The number of rotatable bonds is 4. The minimum atomic E-state index is -0.440. The van der Waals surface area contributed by atoms with Crippen molar-refractivity contribution in [2.45, 2.75) is 6.54 Å². The molecule has 2 rings (SSSR count). The van der Waals surface area contributed by atoms with Crippen molar-refractivity contribution >= 4 is 28.9 Å². The molecule has 21 heavy (non-hydrogen) atoms. The van der Waals surface area contributed by atoms with E-state index in [1.54, 1.807) is 12.1 Å². The molecule has 0 radical (unpaired) electrons. The van der Waals surface area contributed by atoms with Crippen LogP contribution in [0.3, 0.4) is 0 Å². The van der Waals surface area contributed by atoms with E-state index < -0.39 is 11.5 Å². The smallest absolute Gasteiger partial charge is 0.267 e. The Morgan fingerprint density at radius 1 is 1.43 bits per heavy atom. The number of amides is 1. The Morgan fingerprint density at radius 2 is 2.19 bits per heavy atom. The lowest BCUT2D eigenvalue weighted by Gasteiger charge is -2.09. The molecule has 8 heteroatoms. The van der Waals surface area contributed by atoms with Gasteiger partial charge in [0.2, 0.25) is 11.8 Å². The zero-order valence-electron chi connectivity index (χ0n) is 11.2. The molecule has 0 aliphatic carbocycles. The Morgan fingerprint density at radius 3 is 2.86 bits per heavy atom. The SMILES string of the molecule is COc1ccc(=O)n(CC(=O)Nc2ccc(N)cc2Cl)n1. The van der Waals surface area contributed by atoms with Crippen molar-refractivity contribution in [3.05, 3.63) is 45.7 Å². The monoisotopic (exact) mass is 308 g/mol. The Balaban J connectivity index is 2.13. The fourth-order valence-corrected chi connectivity index (χ4v) is 1.85. The van der Waals surface area contributed by atoms with Gasteiger partial charge in [-0.2, -0.15) is 0 Å². The number of nitrogen functional groups attached to an aromatic ring is 1. The van der Waals surface area contributed by atoms with E-state index in [1.165, 1.54) is 25.3 Å². The second-order valence-corrected chi connectivity index (χ2v) is 4.57. The van der Waals surface area contributed by atoms with Crippen LogP contribution >= 0.6 is 11.6 Å². The molecule has 0 aliphatic heterocycles. The molecule has 0 spiro atoms. The van der Waals surface area contributed by atoms with Gasteiger partial charge in [0.1, 0.15) is 6.54 Å². The molecule has 0 bridgehead atoms. The van der Waals surface area contributed by atoms with Crippen molar-refractivity contribution < 1.29 is 9.53 Å². The number of nitrogens with zero attached hydrogens (tertiary/aromatic N) is 2. The highest BCUT2D eigenvalue weighted by molar-refractivity contribution is 6.34. The van der Waals surface area contributed by atoms with E-state index >= 15 is 0 Å². The number of ether oxygens (including phenoxy) is 1. The third kappa shape index (κ3) is 3.73. The molecule has 0 fully saturated rings. The van der Waals surface area contributed by atoms with Gasteiger partial charge in [-0.25, -0.2) is 4.68 Å². The quantitative estimate of drug-likeness (QED) is 0.825. The summed E-state index contributed by atoms with van der Waals surface area (Å²) in [5.41, 5.74) is 6.06. The molecule has 0 aliphatic rings. The van der Waals surface area contributed by atoms with Crippen LogP contribution in [0.5, 0.6) is 5.88 Å². The molecule has 0 saturated carbocycles. The summed E-state index contributed by atoms with van der Waals surface area (Å²) in [5.74, 6) is -0.197. The summed E-state index contributed by atoms with van der Waals surface area (Å²) >= 11 is 5.96. The molecule has 1 aromatic carbocycles. The van der Waals surface area contributed by atoms with Gasteiger partial charge in [-0.3, -0.25) is 9.59 Å². The van der Waals surface area contributed by atoms with E-state index in [-0.39, 0.29) is 12.4 Å². The second-order valence-electron chi connectivity index (χ2n) is 4.16. The number of benzene rings is 1. The number of methoxy groups -OCH3 is 1. The summed E-state index contributed by atoms with van der Waals surface area (Å²) in [6.45, 7) is -0.253. The number of nitrogens with one attached hydrogen (secondary N) is 1. The number of hydrogen-bond acceptors (Lipinski definition) is 5. The zero-order valence-corrected chi connectivity index (χ0v) is 11.9. The van der Waals surface area contributed by atoms with Crippen molar-refractivity contribution in [1.82, 2.24) is 9.78 Å². The van der Waals surface area contributed by atoms with E-state index in [1.807, 2.05) is 0 Å². The maximum Gasteiger partial charge on any atom is 0.267 e. The summed E-state index contributed by atoms with van der Waals surface area (Å²) in [6.07, 6.45) is 0. The summed E-state index contributed by atoms with van der Waals surface area (Å²) in [6, 6.07) is 7.41. The van der Waals surface area contributed by atoms with Gasteiger partial charge in [0.05, 0.1) is 17.8 Å². The molecule has 1 amide bonds. The van der Waals surface area contributed by atoms with Crippen molar-refractivity contribution in [2.75, 3.05) is 18.2 Å². The van der Waals surface area contributed by atoms with Crippen LogP contribution in [-0.4, -0.2) is 22.8 Å². The molecule has 7 nitrogen and oxygen atoms in total. The fraction of sp³-hybridized carbons (Fsp3) is 0.154. The molecule has 0 unspecified atom stereocenters. The number of anilines is 2. The fourth-order valence-electron chi connectivity index (χ4n) is 1.61. The van der Waals surface area contributed by atoms with Crippen molar-refractivity contribution in [1.29, 1.82) is 0 Å². The molecule has 1 aromatic heterocycles. The third-order valence-electron chi connectivity index (χ3n) is 2.61. The molecule has 1 heterocycles. The summed E-state index contributed by atoms with van der Waals surface area (Å²) in [5, 5.41) is 6.77. The molecule has 110 valence electrons. The minimum Gasteiger partial charge on any atom is -0.480 e.